The molecule has 0 saturated carbocycles. The smallest absolute Gasteiger partial charge is 0.160 e. The summed E-state index contributed by atoms with van der Waals surface area (Å²) in [6, 6.07) is 0. The molecule has 0 bridgehead atoms. The molecule has 0 saturated heterocycles. The van der Waals surface area contributed by atoms with E-state index in [1.807, 2.05) is 10.9 Å². The lowest BCUT2D eigenvalue weighted by molar-refractivity contribution is 0.578. The quantitative estimate of drug-likeness (QED) is 0.472. The Hall–Kier alpha value is -0.870. The van der Waals surface area contributed by atoms with Crippen LogP contribution in [0.4, 0.5) is 0 Å². The topological polar surface area (TPSA) is 43.6 Å². The zero-order valence-corrected chi connectivity index (χ0v) is 9.54. The molecule has 0 aliphatic carbocycles. The number of halogens is 2. The van der Waals surface area contributed by atoms with E-state index in [0.29, 0.717) is 16.5 Å². The van der Waals surface area contributed by atoms with Gasteiger partial charge in [0.15, 0.2) is 5.15 Å². The number of fused-ring (bicyclic) bond motifs is 1. The van der Waals surface area contributed by atoms with Crippen LogP contribution >= 0.6 is 23.2 Å². The van der Waals surface area contributed by atoms with Gasteiger partial charge in [-0.3, -0.25) is 4.68 Å². The van der Waals surface area contributed by atoms with Crippen LogP contribution in [-0.4, -0.2) is 25.6 Å². The highest BCUT2D eigenvalue weighted by molar-refractivity contribution is 6.33. The Morgan fingerprint density at radius 3 is 2.87 bits per heavy atom. The number of hydrogen-bond donors (Lipinski definition) is 0. The van der Waals surface area contributed by atoms with Crippen LogP contribution in [0, 0.1) is 0 Å². The number of aryl methyl sites for hydroxylation is 1. The van der Waals surface area contributed by atoms with Crippen molar-refractivity contribution in [2.75, 3.05) is 5.88 Å². The van der Waals surface area contributed by atoms with E-state index in [9.17, 15) is 0 Å². The highest BCUT2D eigenvalue weighted by Crippen LogP contribution is 2.16. The van der Waals surface area contributed by atoms with Crippen LogP contribution in [0.15, 0.2) is 12.5 Å². The molecular weight excluding hydrogens is 235 g/mol. The molecule has 0 amide bonds. The lowest BCUT2D eigenvalue weighted by Crippen LogP contribution is -1.98. The number of nitrogens with zero attached hydrogens (tertiary/aromatic N) is 4. The maximum absolute atomic E-state index is 5.88. The SMILES string of the molecule is ClCCCCn1cc2ncnc(Cl)c2n1. The minimum absolute atomic E-state index is 0.399. The van der Waals surface area contributed by atoms with Crippen molar-refractivity contribution in [1.82, 2.24) is 19.7 Å². The lowest BCUT2D eigenvalue weighted by atomic mass is 10.3. The van der Waals surface area contributed by atoms with E-state index >= 15 is 0 Å². The fraction of sp³-hybridized carbons (Fsp3) is 0.444. The average molecular weight is 245 g/mol. The summed E-state index contributed by atoms with van der Waals surface area (Å²) in [6.45, 7) is 0.833. The third kappa shape index (κ3) is 2.38. The molecule has 15 heavy (non-hydrogen) atoms. The first-order valence-electron chi connectivity index (χ1n) is 4.71. The van der Waals surface area contributed by atoms with Crippen molar-refractivity contribution in [3.63, 3.8) is 0 Å². The fourth-order valence-electron chi connectivity index (χ4n) is 1.34. The van der Waals surface area contributed by atoms with Crippen molar-refractivity contribution in [2.45, 2.75) is 19.4 Å². The molecule has 0 fully saturated rings. The Bertz CT molecular complexity index is 454. The van der Waals surface area contributed by atoms with E-state index in [0.717, 1.165) is 24.9 Å². The molecule has 0 spiro atoms. The first kappa shape index (κ1) is 10.6. The molecule has 2 aromatic rings. The van der Waals surface area contributed by atoms with E-state index < -0.39 is 0 Å². The van der Waals surface area contributed by atoms with Crippen LogP contribution in [0.3, 0.4) is 0 Å². The monoisotopic (exact) mass is 244 g/mol. The number of alkyl halides is 1. The Morgan fingerprint density at radius 1 is 1.27 bits per heavy atom. The van der Waals surface area contributed by atoms with E-state index in [1.165, 1.54) is 6.33 Å². The van der Waals surface area contributed by atoms with Gasteiger partial charge >= 0.3 is 0 Å². The van der Waals surface area contributed by atoms with Gasteiger partial charge in [0.05, 0.1) is 6.20 Å². The Kier molecular flexibility index (Phi) is 3.38. The maximum Gasteiger partial charge on any atom is 0.160 e. The van der Waals surface area contributed by atoms with Gasteiger partial charge in [-0.1, -0.05) is 11.6 Å². The van der Waals surface area contributed by atoms with Gasteiger partial charge in [0.25, 0.3) is 0 Å². The first-order valence-corrected chi connectivity index (χ1v) is 5.62. The summed E-state index contributed by atoms with van der Waals surface area (Å²) in [5.74, 6) is 0.682. The largest absolute Gasteiger partial charge is 0.270 e. The predicted octanol–water partition coefficient (Wildman–Crippen LogP) is 2.50. The zero-order chi connectivity index (χ0) is 10.7. The molecule has 2 rings (SSSR count). The molecule has 0 aromatic carbocycles. The average Bonchev–Trinajstić information content (AvgIpc) is 2.63. The van der Waals surface area contributed by atoms with Crippen molar-refractivity contribution < 1.29 is 0 Å². The van der Waals surface area contributed by atoms with E-state index in [1.54, 1.807) is 0 Å². The van der Waals surface area contributed by atoms with Gasteiger partial charge in [0, 0.05) is 12.4 Å². The van der Waals surface area contributed by atoms with Crippen molar-refractivity contribution in [2.24, 2.45) is 0 Å². The van der Waals surface area contributed by atoms with Gasteiger partial charge < -0.3 is 0 Å². The Morgan fingerprint density at radius 2 is 2.13 bits per heavy atom. The number of unbranched alkanes of at least 4 members (excludes halogenated alkanes) is 1. The second-order valence-electron chi connectivity index (χ2n) is 3.19. The molecule has 4 nitrogen and oxygen atoms in total. The summed E-state index contributed by atoms with van der Waals surface area (Å²) in [7, 11) is 0. The molecule has 0 radical (unpaired) electrons. The Labute approximate surface area is 97.2 Å². The van der Waals surface area contributed by atoms with Gasteiger partial charge in [-0.2, -0.15) is 5.10 Å². The number of aromatic nitrogens is 4. The summed E-state index contributed by atoms with van der Waals surface area (Å²) < 4.78 is 1.83. The van der Waals surface area contributed by atoms with Crippen molar-refractivity contribution in [1.29, 1.82) is 0 Å². The molecule has 2 aromatic heterocycles. The molecule has 0 aliphatic heterocycles. The normalized spacial score (nSPS) is 11.1. The van der Waals surface area contributed by atoms with E-state index in [4.69, 9.17) is 23.2 Å². The summed E-state index contributed by atoms with van der Waals surface area (Å²) in [4.78, 5) is 7.96. The molecular formula is C9H10Cl2N4. The predicted molar refractivity (Wildman–Crippen MR) is 60.3 cm³/mol. The van der Waals surface area contributed by atoms with Gasteiger partial charge in [0.1, 0.15) is 17.4 Å². The zero-order valence-electron chi connectivity index (χ0n) is 8.03. The van der Waals surface area contributed by atoms with Crippen molar-refractivity contribution in [3.05, 3.63) is 17.7 Å². The maximum atomic E-state index is 5.88. The summed E-state index contributed by atoms with van der Waals surface area (Å²) in [5, 5.41) is 4.70. The molecule has 0 N–H and O–H groups in total. The second kappa shape index (κ2) is 4.77. The standard InChI is InChI=1S/C9H10Cl2N4/c10-3-1-2-4-15-5-7-8(14-15)9(11)13-6-12-7/h5-6H,1-4H2. The number of rotatable bonds is 4. The second-order valence-corrected chi connectivity index (χ2v) is 3.92. The third-order valence-corrected chi connectivity index (χ3v) is 2.62. The van der Waals surface area contributed by atoms with Crippen molar-refractivity contribution >= 4 is 34.2 Å². The minimum Gasteiger partial charge on any atom is -0.270 e. The molecule has 0 atom stereocenters. The van der Waals surface area contributed by atoms with Crippen molar-refractivity contribution in [3.8, 4) is 0 Å². The third-order valence-electron chi connectivity index (χ3n) is 2.08. The first-order chi connectivity index (χ1) is 7.31. The van der Waals surface area contributed by atoms with Crippen LogP contribution in [0.2, 0.25) is 5.15 Å². The van der Waals surface area contributed by atoms with Gasteiger partial charge in [-0.15, -0.1) is 11.6 Å². The highest BCUT2D eigenvalue weighted by Gasteiger charge is 2.05. The van der Waals surface area contributed by atoms with E-state index in [2.05, 4.69) is 15.1 Å². The van der Waals surface area contributed by atoms with Gasteiger partial charge in [0.2, 0.25) is 0 Å². The molecule has 2 heterocycles. The summed E-state index contributed by atoms with van der Waals surface area (Å²) in [5.41, 5.74) is 1.44. The Balaban J connectivity index is 2.20. The van der Waals surface area contributed by atoms with Gasteiger partial charge in [-0.05, 0) is 12.8 Å². The lowest BCUT2D eigenvalue weighted by Gasteiger charge is -1.97. The van der Waals surface area contributed by atoms with Crippen LogP contribution in [0.5, 0.6) is 0 Å². The summed E-state index contributed by atoms with van der Waals surface area (Å²) in [6.07, 6.45) is 5.30. The van der Waals surface area contributed by atoms with Crippen LogP contribution in [0.25, 0.3) is 11.0 Å². The minimum atomic E-state index is 0.399. The number of hydrogen-bond acceptors (Lipinski definition) is 3. The molecule has 0 aliphatic rings. The van der Waals surface area contributed by atoms with Crippen LogP contribution < -0.4 is 0 Å². The fourth-order valence-corrected chi connectivity index (χ4v) is 1.71. The van der Waals surface area contributed by atoms with Crippen LogP contribution in [-0.2, 0) is 6.54 Å². The molecule has 80 valence electrons. The van der Waals surface area contributed by atoms with Gasteiger partial charge in [-0.25, -0.2) is 9.97 Å². The molecule has 6 heteroatoms. The van der Waals surface area contributed by atoms with E-state index in [-0.39, 0.29) is 0 Å². The molecule has 0 unspecified atom stereocenters. The van der Waals surface area contributed by atoms with Crippen LogP contribution in [0.1, 0.15) is 12.8 Å². The highest BCUT2D eigenvalue weighted by atomic mass is 35.5. The summed E-state index contributed by atoms with van der Waals surface area (Å²) >= 11 is 11.5.